The zero-order valence-electron chi connectivity index (χ0n) is 15.6. The van der Waals surface area contributed by atoms with E-state index in [1.54, 1.807) is 18.2 Å². The molecular weight excluding hydrogens is 403 g/mol. The molecule has 0 bridgehead atoms. The number of nitriles is 1. The minimum Gasteiger partial charge on any atom is -0.454 e. The molecule has 2 aromatic heterocycles. The van der Waals surface area contributed by atoms with Crippen LogP contribution in [0.2, 0.25) is 0 Å². The van der Waals surface area contributed by atoms with E-state index in [1.807, 2.05) is 6.07 Å². The SMILES string of the molecule is CN(CCC#N)C(=O)c1cc2nc(-c3ccc4c(c3)OCO4)cc(C(F)(F)F)n2n1. The van der Waals surface area contributed by atoms with Crippen LogP contribution < -0.4 is 9.47 Å². The zero-order valence-corrected chi connectivity index (χ0v) is 15.6. The van der Waals surface area contributed by atoms with Gasteiger partial charge in [0.25, 0.3) is 5.91 Å². The molecule has 154 valence electrons. The summed E-state index contributed by atoms with van der Waals surface area (Å²) in [5, 5.41) is 12.5. The molecule has 30 heavy (non-hydrogen) atoms. The van der Waals surface area contributed by atoms with Crippen LogP contribution in [0.1, 0.15) is 22.6 Å². The fraction of sp³-hybridized carbons (Fsp3) is 0.263. The van der Waals surface area contributed by atoms with E-state index < -0.39 is 17.8 Å². The van der Waals surface area contributed by atoms with Crippen molar-refractivity contribution in [3.63, 3.8) is 0 Å². The Morgan fingerprint density at radius 1 is 1.27 bits per heavy atom. The van der Waals surface area contributed by atoms with Gasteiger partial charge in [-0.15, -0.1) is 0 Å². The molecule has 4 rings (SSSR count). The van der Waals surface area contributed by atoms with Gasteiger partial charge >= 0.3 is 6.18 Å². The summed E-state index contributed by atoms with van der Waals surface area (Å²) in [5.74, 6) is 0.299. The van der Waals surface area contributed by atoms with Crippen LogP contribution in [-0.2, 0) is 6.18 Å². The van der Waals surface area contributed by atoms with Gasteiger partial charge in [-0.25, -0.2) is 9.50 Å². The van der Waals surface area contributed by atoms with Crippen LogP contribution in [0.25, 0.3) is 16.9 Å². The maximum Gasteiger partial charge on any atom is 0.433 e. The first-order chi connectivity index (χ1) is 14.3. The van der Waals surface area contributed by atoms with Crippen LogP contribution in [0.4, 0.5) is 13.2 Å². The Morgan fingerprint density at radius 3 is 2.77 bits per heavy atom. The van der Waals surface area contributed by atoms with Crippen molar-refractivity contribution in [3.8, 4) is 28.8 Å². The maximum atomic E-state index is 13.7. The molecule has 3 aromatic rings. The lowest BCUT2D eigenvalue weighted by molar-refractivity contribution is -0.142. The van der Waals surface area contributed by atoms with Gasteiger partial charge in [0.1, 0.15) is 0 Å². The van der Waals surface area contributed by atoms with Gasteiger partial charge in [-0.2, -0.15) is 23.5 Å². The number of alkyl halides is 3. The number of nitrogens with zero attached hydrogens (tertiary/aromatic N) is 5. The molecule has 0 unspecified atom stereocenters. The van der Waals surface area contributed by atoms with Gasteiger partial charge in [0, 0.05) is 25.2 Å². The Balaban J connectivity index is 1.81. The lowest BCUT2D eigenvalue weighted by Gasteiger charge is -2.13. The molecule has 0 spiro atoms. The van der Waals surface area contributed by atoms with Crippen LogP contribution >= 0.6 is 0 Å². The number of carbonyl (C=O) groups is 1. The number of rotatable bonds is 4. The second kappa shape index (κ2) is 7.22. The summed E-state index contributed by atoms with van der Waals surface area (Å²) in [6.45, 7) is 0.164. The quantitative estimate of drug-likeness (QED) is 0.648. The topological polar surface area (TPSA) is 92.8 Å². The number of hydrogen-bond donors (Lipinski definition) is 0. The first-order valence-electron chi connectivity index (χ1n) is 8.78. The number of halogens is 3. The summed E-state index contributed by atoms with van der Waals surface area (Å²) in [6.07, 6.45) is -4.64. The normalized spacial score (nSPS) is 12.8. The molecule has 0 saturated carbocycles. The van der Waals surface area contributed by atoms with Crippen molar-refractivity contribution in [1.29, 1.82) is 5.26 Å². The van der Waals surface area contributed by atoms with Crippen LogP contribution in [0.15, 0.2) is 30.3 Å². The summed E-state index contributed by atoms with van der Waals surface area (Å²) < 4.78 is 52.2. The van der Waals surface area contributed by atoms with Gasteiger partial charge in [-0.05, 0) is 24.3 Å². The van der Waals surface area contributed by atoms with E-state index in [0.717, 1.165) is 6.07 Å². The third-order valence-electron chi connectivity index (χ3n) is 4.51. The van der Waals surface area contributed by atoms with E-state index in [9.17, 15) is 18.0 Å². The standard InChI is InChI=1S/C19H14F3N5O3/c1-26(6-2-5-23)18(28)13-9-17-24-12(8-16(19(20,21)22)27(17)25-13)11-3-4-14-15(7-11)30-10-29-14/h3-4,7-9H,2,6,10H2,1H3. The van der Waals surface area contributed by atoms with E-state index in [0.29, 0.717) is 21.6 Å². The average molecular weight is 417 g/mol. The minimum absolute atomic E-state index is 0.0342. The molecule has 0 saturated heterocycles. The van der Waals surface area contributed by atoms with Crippen LogP contribution in [-0.4, -0.2) is 45.8 Å². The minimum atomic E-state index is -4.73. The van der Waals surface area contributed by atoms with Gasteiger partial charge in [0.2, 0.25) is 6.79 Å². The first kappa shape index (κ1) is 19.5. The second-order valence-electron chi connectivity index (χ2n) is 6.53. The Kier molecular flexibility index (Phi) is 4.69. The molecule has 1 aliphatic heterocycles. The molecule has 1 aromatic carbocycles. The number of carbonyl (C=O) groups excluding carboxylic acids is 1. The summed E-state index contributed by atoms with van der Waals surface area (Å²) in [7, 11) is 1.44. The zero-order chi connectivity index (χ0) is 21.5. The molecule has 1 aliphatic rings. The van der Waals surface area contributed by atoms with E-state index >= 15 is 0 Å². The number of benzene rings is 1. The molecule has 3 heterocycles. The van der Waals surface area contributed by atoms with Gasteiger partial charge in [-0.1, -0.05) is 0 Å². The van der Waals surface area contributed by atoms with Crippen LogP contribution in [0, 0.1) is 11.3 Å². The number of ether oxygens (including phenoxy) is 2. The van der Waals surface area contributed by atoms with Crippen molar-refractivity contribution in [2.45, 2.75) is 12.6 Å². The van der Waals surface area contributed by atoms with Gasteiger partial charge in [0.05, 0.1) is 18.2 Å². The number of aromatic nitrogens is 3. The number of fused-ring (bicyclic) bond motifs is 2. The highest BCUT2D eigenvalue weighted by atomic mass is 19.4. The highest BCUT2D eigenvalue weighted by molar-refractivity contribution is 5.93. The second-order valence-corrected chi connectivity index (χ2v) is 6.53. The fourth-order valence-corrected chi connectivity index (χ4v) is 3.00. The summed E-state index contributed by atoms with van der Waals surface area (Å²) in [6, 6.07) is 8.67. The fourth-order valence-electron chi connectivity index (χ4n) is 3.00. The Labute approximate surface area is 168 Å². The van der Waals surface area contributed by atoms with Gasteiger partial charge in [0.15, 0.2) is 28.5 Å². The van der Waals surface area contributed by atoms with Crippen molar-refractivity contribution < 1.29 is 27.4 Å². The van der Waals surface area contributed by atoms with Crippen LogP contribution in [0.3, 0.4) is 0 Å². The van der Waals surface area contributed by atoms with E-state index in [2.05, 4.69) is 10.1 Å². The molecule has 1 amide bonds. The highest BCUT2D eigenvalue weighted by Gasteiger charge is 2.36. The molecule has 0 atom stereocenters. The summed E-state index contributed by atoms with van der Waals surface area (Å²) >= 11 is 0. The van der Waals surface area contributed by atoms with Crippen molar-refractivity contribution >= 4 is 11.6 Å². The van der Waals surface area contributed by atoms with Crippen molar-refractivity contribution in [2.24, 2.45) is 0 Å². The van der Waals surface area contributed by atoms with Crippen molar-refractivity contribution in [3.05, 3.63) is 41.7 Å². The molecule has 11 heteroatoms. The summed E-state index contributed by atoms with van der Waals surface area (Å²) in [4.78, 5) is 17.9. The maximum absolute atomic E-state index is 13.7. The molecule has 8 nitrogen and oxygen atoms in total. The molecule has 0 radical (unpaired) electrons. The smallest absolute Gasteiger partial charge is 0.433 e. The lowest BCUT2D eigenvalue weighted by Crippen LogP contribution is -2.28. The predicted octanol–water partition coefficient (Wildman–Crippen LogP) is 3.13. The Bertz CT molecular complexity index is 1180. The lowest BCUT2D eigenvalue weighted by atomic mass is 10.1. The van der Waals surface area contributed by atoms with Crippen LogP contribution in [0.5, 0.6) is 11.5 Å². The average Bonchev–Trinajstić information content (AvgIpc) is 3.35. The monoisotopic (exact) mass is 417 g/mol. The molecular formula is C19H14F3N5O3. The van der Waals surface area contributed by atoms with Gasteiger partial charge < -0.3 is 14.4 Å². The first-order valence-corrected chi connectivity index (χ1v) is 8.78. The third-order valence-corrected chi connectivity index (χ3v) is 4.51. The molecule has 0 aliphatic carbocycles. The Hall–Kier alpha value is -3.81. The predicted molar refractivity (Wildman–Crippen MR) is 96.7 cm³/mol. The number of hydrogen-bond acceptors (Lipinski definition) is 6. The molecule has 0 N–H and O–H groups in total. The van der Waals surface area contributed by atoms with Crippen molar-refractivity contribution in [1.82, 2.24) is 19.5 Å². The summed E-state index contributed by atoms with van der Waals surface area (Å²) in [5.41, 5.74) is -0.956. The van der Waals surface area contributed by atoms with E-state index in [4.69, 9.17) is 14.7 Å². The third kappa shape index (κ3) is 3.47. The largest absolute Gasteiger partial charge is 0.454 e. The molecule has 0 fully saturated rings. The van der Waals surface area contributed by atoms with Gasteiger partial charge in [-0.3, -0.25) is 4.79 Å². The highest BCUT2D eigenvalue weighted by Crippen LogP contribution is 2.37. The van der Waals surface area contributed by atoms with E-state index in [1.165, 1.54) is 18.0 Å². The Morgan fingerprint density at radius 2 is 2.03 bits per heavy atom. The van der Waals surface area contributed by atoms with Crippen molar-refractivity contribution in [2.75, 3.05) is 20.4 Å². The van der Waals surface area contributed by atoms with E-state index in [-0.39, 0.29) is 36.8 Å². The number of amides is 1.